The lowest BCUT2D eigenvalue weighted by molar-refractivity contribution is -0.139. The molecule has 104 valence electrons. The van der Waals surface area contributed by atoms with Crippen molar-refractivity contribution in [1.29, 1.82) is 0 Å². The third kappa shape index (κ3) is 5.35. The minimum atomic E-state index is -0.984. The predicted molar refractivity (Wildman–Crippen MR) is 68.5 cm³/mol. The molecule has 0 heterocycles. The monoisotopic (exact) mass is 257 g/mol. The fraction of sp³-hybridized carbons (Fsp3) is 0.833. The average molecular weight is 257 g/mol. The molecular weight excluding hydrogens is 234 g/mol. The minimum absolute atomic E-state index is 0.403. The maximum absolute atomic E-state index is 11.5. The highest BCUT2D eigenvalue weighted by Crippen LogP contribution is 2.24. The van der Waals surface area contributed by atoms with E-state index >= 15 is 0 Å². The van der Waals surface area contributed by atoms with Gasteiger partial charge in [0.25, 0.3) is 0 Å². The first-order valence-electron chi connectivity index (χ1n) is 6.52. The van der Waals surface area contributed by atoms with E-state index in [1.54, 1.807) is 0 Å². The van der Waals surface area contributed by atoms with Crippen molar-refractivity contribution in [2.45, 2.75) is 44.7 Å². The van der Waals surface area contributed by atoms with E-state index < -0.39 is 18.0 Å². The SMILES string of the molecule is CCCC(NC(=O)NCCN(C)C1CC1)C(=O)O. The zero-order valence-corrected chi connectivity index (χ0v) is 11.1. The molecule has 3 N–H and O–H groups in total. The van der Waals surface area contributed by atoms with Gasteiger partial charge in [0.05, 0.1) is 0 Å². The van der Waals surface area contributed by atoms with Crippen molar-refractivity contribution in [1.82, 2.24) is 15.5 Å². The highest BCUT2D eigenvalue weighted by atomic mass is 16.4. The van der Waals surface area contributed by atoms with Crippen LogP contribution in [0.4, 0.5) is 4.79 Å². The number of rotatable bonds is 8. The van der Waals surface area contributed by atoms with E-state index in [0.29, 0.717) is 19.0 Å². The maximum Gasteiger partial charge on any atom is 0.326 e. The second kappa shape index (κ2) is 7.20. The lowest BCUT2D eigenvalue weighted by atomic mass is 10.2. The van der Waals surface area contributed by atoms with Gasteiger partial charge in [-0.25, -0.2) is 9.59 Å². The van der Waals surface area contributed by atoms with Gasteiger partial charge in [0.15, 0.2) is 0 Å². The molecule has 1 saturated carbocycles. The zero-order valence-electron chi connectivity index (χ0n) is 11.1. The second-order valence-electron chi connectivity index (χ2n) is 4.79. The minimum Gasteiger partial charge on any atom is -0.480 e. The molecular formula is C12H23N3O3. The molecule has 0 aromatic carbocycles. The molecule has 1 unspecified atom stereocenters. The number of nitrogens with zero attached hydrogens (tertiary/aromatic N) is 1. The van der Waals surface area contributed by atoms with Crippen LogP contribution in [0.5, 0.6) is 0 Å². The summed E-state index contributed by atoms with van der Waals surface area (Å²) in [6.07, 6.45) is 3.65. The fourth-order valence-corrected chi connectivity index (χ4v) is 1.80. The molecule has 0 radical (unpaired) electrons. The highest BCUT2D eigenvalue weighted by Gasteiger charge is 2.25. The van der Waals surface area contributed by atoms with Crippen molar-refractivity contribution in [2.75, 3.05) is 20.1 Å². The molecule has 6 heteroatoms. The molecule has 0 bridgehead atoms. The Bertz CT molecular complexity index is 292. The largest absolute Gasteiger partial charge is 0.480 e. The number of carbonyl (C=O) groups excluding carboxylic acids is 1. The Morgan fingerprint density at radius 1 is 1.44 bits per heavy atom. The molecule has 1 aliphatic rings. The summed E-state index contributed by atoms with van der Waals surface area (Å²) < 4.78 is 0. The molecule has 1 fully saturated rings. The Hall–Kier alpha value is -1.30. The van der Waals surface area contributed by atoms with Crippen LogP contribution in [0.2, 0.25) is 0 Å². The number of hydrogen-bond donors (Lipinski definition) is 3. The first-order valence-corrected chi connectivity index (χ1v) is 6.52. The number of nitrogens with one attached hydrogen (secondary N) is 2. The van der Waals surface area contributed by atoms with Crippen molar-refractivity contribution < 1.29 is 14.7 Å². The van der Waals surface area contributed by atoms with Crippen molar-refractivity contribution in [3.05, 3.63) is 0 Å². The molecule has 0 spiro atoms. The van der Waals surface area contributed by atoms with E-state index in [4.69, 9.17) is 5.11 Å². The predicted octanol–water partition coefficient (Wildman–Crippen LogP) is 0.633. The standard InChI is InChI=1S/C12H23N3O3/c1-3-4-10(11(16)17)14-12(18)13-7-8-15(2)9-5-6-9/h9-10H,3-8H2,1-2H3,(H,16,17)(H2,13,14,18). The van der Waals surface area contributed by atoms with Crippen LogP contribution in [-0.4, -0.2) is 54.2 Å². The van der Waals surface area contributed by atoms with Gasteiger partial charge in [0, 0.05) is 19.1 Å². The van der Waals surface area contributed by atoms with Gasteiger partial charge < -0.3 is 20.6 Å². The Balaban J connectivity index is 2.16. The van der Waals surface area contributed by atoms with Gasteiger partial charge in [0.1, 0.15) is 6.04 Å². The van der Waals surface area contributed by atoms with Crippen molar-refractivity contribution in [3.8, 4) is 0 Å². The summed E-state index contributed by atoms with van der Waals surface area (Å²) in [6, 6.07) is -0.530. The Morgan fingerprint density at radius 2 is 2.11 bits per heavy atom. The molecule has 0 aromatic rings. The van der Waals surface area contributed by atoms with Crippen LogP contribution in [0, 0.1) is 0 Å². The number of aliphatic carboxylic acids is 1. The Morgan fingerprint density at radius 3 is 2.61 bits per heavy atom. The molecule has 1 atom stereocenters. The summed E-state index contributed by atoms with van der Waals surface area (Å²) in [5.41, 5.74) is 0. The molecule has 0 saturated heterocycles. The van der Waals surface area contributed by atoms with Crippen LogP contribution >= 0.6 is 0 Å². The molecule has 1 aliphatic carbocycles. The maximum atomic E-state index is 11.5. The lowest BCUT2D eigenvalue weighted by Crippen LogP contribution is -2.47. The fourth-order valence-electron chi connectivity index (χ4n) is 1.80. The van der Waals surface area contributed by atoms with Gasteiger partial charge in [-0.3, -0.25) is 0 Å². The number of carboxylic acids is 1. The van der Waals surface area contributed by atoms with E-state index in [-0.39, 0.29) is 0 Å². The summed E-state index contributed by atoms with van der Waals surface area (Å²) in [4.78, 5) is 24.6. The summed E-state index contributed by atoms with van der Waals surface area (Å²) in [6.45, 7) is 3.22. The molecule has 18 heavy (non-hydrogen) atoms. The molecule has 6 nitrogen and oxygen atoms in total. The molecule has 2 amide bonds. The van der Waals surface area contributed by atoms with Gasteiger partial charge >= 0.3 is 12.0 Å². The van der Waals surface area contributed by atoms with Crippen LogP contribution in [0.15, 0.2) is 0 Å². The van der Waals surface area contributed by atoms with E-state index in [1.807, 2.05) is 14.0 Å². The third-order valence-corrected chi connectivity index (χ3v) is 3.10. The lowest BCUT2D eigenvalue weighted by Gasteiger charge is -2.17. The van der Waals surface area contributed by atoms with E-state index in [1.165, 1.54) is 12.8 Å². The number of likely N-dealkylation sites (N-methyl/N-ethyl adjacent to an activating group) is 1. The van der Waals surface area contributed by atoms with E-state index in [0.717, 1.165) is 13.0 Å². The summed E-state index contributed by atoms with van der Waals surface area (Å²) in [5, 5.41) is 14.0. The molecule has 1 rings (SSSR count). The van der Waals surface area contributed by atoms with Gasteiger partial charge in [-0.15, -0.1) is 0 Å². The number of carbonyl (C=O) groups is 2. The quantitative estimate of drug-likeness (QED) is 0.596. The van der Waals surface area contributed by atoms with Crippen LogP contribution < -0.4 is 10.6 Å². The van der Waals surface area contributed by atoms with Crippen molar-refractivity contribution in [2.24, 2.45) is 0 Å². The van der Waals surface area contributed by atoms with Crippen LogP contribution in [0.25, 0.3) is 0 Å². The van der Waals surface area contributed by atoms with Gasteiger partial charge in [-0.05, 0) is 26.3 Å². The molecule has 0 aliphatic heterocycles. The Kier molecular flexibility index (Phi) is 5.91. The van der Waals surface area contributed by atoms with Crippen molar-refractivity contribution >= 4 is 12.0 Å². The number of amides is 2. The summed E-state index contributed by atoms with van der Waals surface area (Å²) in [7, 11) is 2.04. The number of carboxylic acid groups (broad SMARTS) is 1. The van der Waals surface area contributed by atoms with E-state index in [9.17, 15) is 9.59 Å². The number of hydrogen-bond acceptors (Lipinski definition) is 3. The number of urea groups is 1. The van der Waals surface area contributed by atoms with Gasteiger partial charge in [0.2, 0.25) is 0 Å². The first-order chi connectivity index (χ1) is 8.54. The second-order valence-corrected chi connectivity index (χ2v) is 4.79. The highest BCUT2D eigenvalue weighted by molar-refractivity contribution is 5.82. The van der Waals surface area contributed by atoms with Crippen molar-refractivity contribution in [3.63, 3.8) is 0 Å². The topological polar surface area (TPSA) is 81.7 Å². The summed E-state index contributed by atoms with van der Waals surface area (Å²) >= 11 is 0. The van der Waals surface area contributed by atoms with Crippen LogP contribution in [0.1, 0.15) is 32.6 Å². The average Bonchev–Trinajstić information content (AvgIpc) is 3.11. The van der Waals surface area contributed by atoms with Gasteiger partial charge in [-0.1, -0.05) is 13.3 Å². The smallest absolute Gasteiger partial charge is 0.326 e. The van der Waals surface area contributed by atoms with Gasteiger partial charge in [-0.2, -0.15) is 0 Å². The Labute approximate surface area is 108 Å². The molecule has 0 aromatic heterocycles. The third-order valence-electron chi connectivity index (χ3n) is 3.10. The van der Waals surface area contributed by atoms with Crippen LogP contribution in [-0.2, 0) is 4.79 Å². The summed E-state index contributed by atoms with van der Waals surface area (Å²) in [5.74, 6) is -0.984. The zero-order chi connectivity index (χ0) is 13.5. The normalized spacial score (nSPS) is 16.4. The van der Waals surface area contributed by atoms with E-state index in [2.05, 4.69) is 15.5 Å². The van der Waals surface area contributed by atoms with Crippen LogP contribution in [0.3, 0.4) is 0 Å². The first kappa shape index (κ1) is 14.8.